The van der Waals surface area contributed by atoms with Crippen LogP contribution in [0.2, 0.25) is 0 Å². The molecule has 1 atom stereocenters. The Kier molecular flexibility index (Phi) is 4.55. The van der Waals surface area contributed by atoms with E-state index in [9.17, 15) is 0 Å². The molecule has 15 heavy (non-hydrogen) atoms. The van der Waals surface area contributed by atoms with E-state index in [1.165, 1.54) is 16.7 Å². The average Bonchev–Trinajstić information content (AvgIpc) is 2.12. The second kappa shape index (κ2) is 5.47. The van der Waals surface area contributed by atoms with Crippen LogP contribution in [0.5, 0.6) is 0 Å². The van der Waals surface area contributed by atoms with Crippen LogP contribution in [0.15, 0.2) is 34.8 Å². The maximum Gasteiger partial charge on any atom is 0.0355 e. The molecule has 0 heterocycles. The molecule has 1 aromatic carbocycles. The van der Waals surface area contributed by atoms with Crippen LogP contribution < -0.4 is 5.32 Å². The zero-order valence-corrected chi connectivity index (χ0v) is 11.2. The normalized spacial score (nSPS) is 12.5. The van der Waals surface area contributed by atoms with E-state index >= 15 is 0 Å². The summed E-state index contributed by atoms with van der Waals surface area (Å²) in [4.78, 5) is 0. The van der Waals surface area contributed by atoms with Crippen molar-refractivity contribution in [2.24, 2.45) is 0 Å². The van der Waals surface area contributed by atoms with Gasteiger partial charge in [-0.3, -0.25) is 0 Å². The molecule has 0 saturated carbocycles. The van der Waals surface area contributed by atoms with Gasteiger partial charge in [0.05, 0.1) is 0 Å². The largest absolute Gasteiger partial charge is 0.313 e. The van der Waals surface area contributed by atoms with Crippen molar-refractivity contribution in [1.29, 1.82) is 0 Å². The molecule has 0 bridgehead atoms. The molecule has 1 unspecified atom stereocenters. The van der Waals surface area contributed by atoms with E-state index < -0.39 is 0 Å². The zero-order valence-electron chi connectivity index (χ0n) is 9.60. The summed E-state index contributed by atoms with van der Waals surface area (Å²) in [5.41, 5.74) is 3.79. The van der Waals surface area contributed by atoms with Crippen molar-refractivity contribution in [3.63, 3.8) is 0 Å². The first-order valence-corrected chi connectivity index (χ1v) is 5.91. The lowest BCUT2D eigenvalue weighted by Gasteiger charge is -2.17. The number of aryl methyl sites for hydroxylation is 1. The monoisotopic (exact) mass is 267 g/mol. The first-order valence-electron chi connectivity index (χ1n) is 5.11. The molecule has 0 aliphatic heterocycles. The zero-order chi connectivity index (χ0) is 11.4. The Morgan fingerprint density at radius 2 is 2.13 bits per heavy atom. The fourth-order valence-corrected chi connectivity index (χ4v) is 2.33. The average molecular weight is 268 g/mol. The van der Waals surface area contributed by atoms with E-state index in [4.69, 9.17) is 0 Å². The molecular formula is C13H18BrN. The maximum atomic E-state index is 3.96. The van der Waals surface area contributed by atoms with Crippen molar-refractivity contribution < 1.29 is 0 Å². The summed E-state index contributed by atoms with van der Waals surface area (Å²) in [6, 6.07) is 6.86. The standard InChI is InChI=1S/C13H18BrN/c1-9(2)5-13(15-4)11-6-10(3)7-12(14)8-11/h6-8,13,15H,1,5H2,2-4H3. The molecule has 0 spiro atoms. The van der Waals surface area contributed by atoms with Crippen LogP contribution in [0.3, 0.4) is 0 Å². The van der Waals surface area contributed by atoms with Crippen molar-refractivity contribution in [3.05, 3.63) is 46.0 Å². The fourth-order valence-electron chi connectivity index (χ4n) is 1.70. The quantitative estimate of drug-likeness (QED) is 0.814. The minimum absolute atomic E-state index is 0.360. The molecule has 0 aromatic heterocycles. The van der Waals surface area contributed by atoms with Crippen LogP contribution in [0, 0.1) is 6.92 Å². The third kappa shape index (κ3) is 3.80. The van der Waals surface area contributed by atoms with E-state index in [1.54, 1.807) is 0 Å². The van der Waals surface area contributed by atoms with Gasteiger partial charge >= 0.3 is 0 Å². The van der Waals surface area contributed by atoms with Crippen molar-refractivity contribution in [1.82, 2.24) is 5.32 Å². The minimum atomic E-state index is 0.360. The number of hydrogen-bond donors (Lipinski definition) is 1. The summed E-state index contributed by atoms with van der Waals surface area (Å²) in [5, 5.41) is 3.32. The van der Waals surface area contributed by atoms with Gasteiger partial charge in [0.15, 0.2) is 0 Å². The lowest BCUT2D eigenvalue weighted by atomic mass is 9.99. The molecule has 1 rings (SSSR count). The van der Waals surface area contributed by atoms with Gasteiger partial charge in [0.25, 0.3) is 0 Å². The summed E-state index contributed by atoms with van der Waals surface area (Å²) in [7, 11) is 1.99. The molecule has 1 aromatic rings. The predicted molar refractivity (Wildman–Crippen MR) is 70.1 cm³/mol. The first kappa shape index (κ1) is 12.5. The molecule has 0 saturated heterocycles. The topological polar surface area (TPSA) is 12.0 Å². The van der Waals surface area contributed by atoms with Crippen molar-refractivity contribution in [2.45, 2.75) is 26.3 Å². The van der Waals surface area contributed by atoms with Crippen molar-refractivity contribution >= 4 is 15.9 Å². The van der Waals surface area contributed by atoms with E-state index in [2.05, 4.69) is 59.9 Å². The van der Waals surface area contributed by atoms with Gasteiger partial charge in [-0.1, -0.05) is 27.6 Å². The van der Waals surface area contributed by atoms with Crippen molar-refractivity contribution in [2.75, 3.05) is 7.05 Å². The summed E-state index contributed by atoms with van der Waals surface area (Å²) >= 11 is 3.53. The third-order valence-corrected chi connectivity index (χ3v) is 2.83. The van der Waals surface area contributed by atoms with Crippen molar-refractivity contribution in [3.8, 4) is 0 Å². The van der Waals surface area contributed by atoms with Crippen LogP contribution in [-0.2, 0) is 0 Å². The Bertz CT molecular complexity index is 337. The third-order valence-electron chi connectivity index (χ3n) is 2.37. The summed E-state index contributed by atoms with van der Waals surface area (Å²) < 4.78 is 1.14. The molecule has 0 aliphatic rings. The van der Waals surface area contributed by atoms with Gasteiger partial charge in [0, 0.05) is 10.5 Å². The van der Waals surface area contributed by atoms with E-state index in [0.717, 1.165) is 10.9 Å². The highest BCUT2D eigenvalue weighted by Crippen LogP contribution is 2.24. The number of rotatable bonds is 4. The smallest absolute Gasteiger partial charge is 0.0355 e. The lowest BCUT2D eigenvalue weighted by Crippen LogP contribution is -2.16. The van der Waals surface area contributed by atoms with Crippen LogP contribution in [0.4, 0.5) is 0 Å². The highest BCUT2D eigenvalue weighted by Gasteiger charge is 2.09. The van der Waals surface area contributed by atoms with E-state index in [1.807, 2.05) is 7.05 Å². The number of halogens is 1. The van der Waals surface area contributed by atoms with Gasteiger partial charge in [-0.2, -0.15) is 0 Å². The molecular weight excluding hydrogens is 250 g/mol. The van der Waals surface area contributed by atoms with Crippen LogP contribution in [0.1, 0.15) is 30.5 Å². The van der Waals surface area contributed by atoms with E-state index in [0.29, 0.717) is 6.04 Å². The Hall–Kier alpha value is -0.600. The number of hydrogen-bond acceptors (Lipinski definition) is 1. The van der Waals surface area contributed by atoms with Gasteiger partial charge in [0.1, 0.15) is 0 Å². The molecule has 0 aliphatic carbocycles. The highest BCUT2D eigenvalue weighted by atomic mass is 79.9. The summed E-state index contributed by atoms with van der Waals surface area (Å²) in [6.45, 7) is 8.14. The molecule has 1 N–H and O–H groups in total. The second-order valence-corrected chi connectivity index (χ2v) is 4.98. The van der Waals surface area contributed by atoms with Gasteiger partial charge < -0.3 is 5.32 Å². The summed E-state index contributed by atoms with van der Waals surface area (Å²) in [5.74, 6) is 0. The van der Waals surface area contributed by atoms with Gasteiger partial charge in [-0.25, -0.2) is 0 Å². The lowest BCUT2D eigenvalue weighted by molar-refractivity contribution is 0.589. The summed E-state index contributed by atoms with van der Waals surface area (Å²) in [6.07, 6.45) is 0.979. The Labute approximate surface area is 101 Å². The van der Waals surface area contributed by atoms with Gasteiger partial charge in [-0.15, -0.1) is 6.58 Å². The maximum absolute atomic E-state index is 3.96. The molecule has 82 valence electrons. The van der Waals surface area contributed by atoms with Crippen LogP contribution in [0.25, 0.3) is 0 Å². The Morgan fingerprint density at radius 3 is 2.60 bits per heavy atom. The Balaban J connectivity index is 2.95. The van der Waals surface area contributed by atoms with Crippen LogP contribution >= 0.6 is 15.9 Å². The van der Waals surface area contributed by atoms with E-state index in [-0.39, 0.29) is 0 Å². The predicted octanol–water partition coefficient (Wildman–Crippen LogP) is 3.98. The van der Waals surface area contributed by atoms with Gasteiger partial charge in [0.2, 0.25) is 0 Å². The molecule has 1 nitrogen and oxygen atoms in total. The first-order chi connectivity index (χ1) is 7.02. The molecule has 0 fully saturated rings. The SMILES string of the molecule is C=C(C)CC(NC)c1cc(C)cc(Br)c1. The minimum Gasteiger partial charge on any atom is -0.313 e. The highest BCUT2D eigenvalue weighted by molar-refractivity contribution is 9.10. The number of benzene rings is 1. The molecule has 2 heteroatoms. The fraction of sp³-hybridized carbons (Fsp3) is 0.385. The molecule has 0 amide bonds. The van der Waals surface area contributed by atoms with Crippen LogP contribution in [-0.4, -0.2) is 7.05 Å². The molecule has 0 radical (unpaired) electrons. The van der Waals surface area contributed by atoms with Gasteiger partial charge in [-0.05, 0) is 50.6 Å². The number of nitrogens with one attached hydrogen (secondary N) is 1. The Morgan fingerprint density at radius 1 is 1.47 bits per heavy atom. The second-order valence-electron chi connectivity index (χ2n) is 4.06.